The van der Waals surface area contributed by atoms with E-state index in [-0.39, 0.29) is 31.0 Å². The first-order valence-corrected chi connectivity index (χ1v) is 5.47. The van der Waals surface area contributed by atoms with Crippen molar-refractivity contribution >= 4 is 13.8 Å². The molecule has 0 aromatic rings. The van der Waals surface area contributed by atoms with Gasteiger partial charge in [-0.15, -0.1) is 0 Å². The fourth-order valence-corrected chi connectivity index (χ4v) is 1.48. The largest absolute Gasteiger partial charge is 1.00 e. The second-order valence-corrected chi connectivity index (χ2v) is 4.03. The summed E-state index contributed by atoms with van der Waals surface area (Å²) in [6.45, 7) is -0.848. The molecule has 1 aliphatic heterocycles. The Morgan fingerprint density at radius 1 is 1.53 bits per heavy atom. The molecular formula is C6H10NaO9P. The number of carbonyl (C=O) groups excluding carboxylic acids is 1. The maximum absolute atomic E-state index is 10.8. The first-order valence-electron chi connectivity index (χ1n) is 3.94. The molecular weight excluding hydrogens is 270 g/mol. The summed E-state index contributed by atoms with van der Waals surface area (Å²) in [6, 6.07) is 0. The molecule has 0 bridgehead atoms. The first-order chi connectivity index (χ1) is 7.26. The molecule has 1 rings (SSSR count). The average Bonchev–Trinajstić information content (AvgIpc) is 2.43. The van der Waals surface area contributed by atoms with Gasteiger partial charge in [-0.05, 0) is 0 Å². The number of aliphatic hydroxyl groups is 3. The Balaban J connectivity index is 0. The van der Waals surface area contributed by atoms with Crippen LogP contribution < -0.4 is 29.6 Å². The summed E-state index contributed by atoms with van der Waals surface area (Å²) in [6.07, 6.45) is -3.31. The number of carbonyl (C=O) groups is 1. The minimum atomic E-state index is -5.01. The van der Waals surface area contributed by atoms with E-state index in [9.17, 15) is 9.36 Å². The summed E-state index contributed by atoms with van der Waals surface area (Å²) in [7, 11) is -5.01. The molecule has 0 aromatic heterocycles. The minimum Gasteiger partial charge on any atom is -1.00 e. The second-order valence-electron chi connectivity index (χ2n) is 2.87. The van der Waals surface area contributed by atoms with Crippen LogP contribution in [0.2, 0.25) is 0 Å². The molecule has 11 heteroatoms. The van der Waals surface area contributed by atoms with E-state index in [0.29, 0.717) is 0 Å². The molecule has 0 saturated carbocycles. The topological polar surface area (TPSA) is 154 Å². The van der Waals surface area contributed by atoms with Gasteiger partial charge in [0.05, 0.1) is 6.61 Å². The number of phosphoric ester groups is 1. The zero-order valence-electron chi connectivity index (χ0n) is 9.68. The second kappa shape index (κ2) is 6.17. The number of hydrogen-bond acceptors (Lipinski definition) is 7. The molecule has 2 atom stereocenters. The molecule has 0 saturated heterocycles. The number of rotatable bonds is 4. The van der Waals surface area contributed by atoms with Crippen molar-refractivity contribution in [3.05, 3.63) is 11.5 Å². The van der Waals surface area contributed by atoms with Gasteiger partial charge in [0.2, 0.25) is 11.5 Å². The summed E-state index contributed by atoms with van der Waals surface area (Å²) in [5.41, 5.74) is 0. The van der Waals surface area contributed by atoms with Crippen molar-refractivity contribution in [1.29, 1.82) is 0 Å². The van der Waals surface area contributed by atoms with Gasteiger partial charge in [-0.2, -0.15) is 0 Å². The van der Waals surface area contributed by atoms with Crippen molar-refractivity contribution < 1.29 is 74.7 Å². The van der Waals surface area contributed by atoms with Crippen LogP contribution in [-0.2, 0) is 18.6 Å². The van der Waals surface area contributed by atoms with Crippen LogP contribution >= 0.6 is 7.82 Å². The van der Waals surface area contributed by atoms with E-state index in [1.165, 1.54) is 0 Å². The molecule has 94 valence electrons. The number of phosphoric acid groups is 1. The summed E-state index contributed by atoms with van der Waals surface area (Å²) in [5.74, 6) is -3.36. The van der Waals surface area contributed by atoms with E-state index in [1.807, 2.05) is 0 Å². The van der Waals surface area contributed by atoms with Crippen molar-refractivity contribution in [3.8, 4) is 0 Å². The first kappa shape index (κ1) is 16.9. The zero-order valence-corrected chi connectivity index (χ0v) is 11.6. The molecule has 0 amide bonds. The number of ether oxygens (including phenoxy) is 1. The summed E-state index contributed by atoms with van der Waals surface area (Å²) < 4.78 is 18.9. The smallest absolute Gasteiger partial charge is 1.00 e. The fourth-order valence-electron chi connectivity index (χ4n) is 1.03. The van der Waals surface area contributed by atoms with E-state index in [4.69, 9.17) is 25.1 Å². The van der Waals surface area contributed by atoms with Gasteiger partial charge in [0.25, 0.3) is 0 Å². The minimum absolute atomic E-state index is 0. The van der Waals surface area contributed by atoms with E-state index in [1.54, 1.807) is 0 Å². The SMILES string of the molecule is O=C1O[C@H]([C@@H](O)CO)C(OP(=O)(O)O)=C1O.[H-].[Na+]. The molecule has 1 heterocycles. The van der Waals surface area contributed by atoms with Crippen molar-refractivity contribution in [2.24, 2.45) is 0 Å². The third kappa shape index (κ3) is 4.23. The predicted molar refractivity (Wildman–Crippen MR) is 46.9 cm³/mol. The fraction of sp³-hybridized carbons (Fsp3) is 0.500. The molecule has 0 unspecified atom stereocenters. The molecule has 1 aliphatic rings. The third-order valence-electron chi connectivity index (χ3n) is 1.67. The zero-order chi connectivity index (χ0) is 12.5. The Kier molecular flexibility index (Phi) is 6.12. The van der Waals surface area contributed by atoms with Gasteiger partial charge in [0.1, 0.15) is 6.10 Å². The normalized spacial score (nSPS) is 21.9. The van der Waals surface area contributed by atoms with Crippen LogP contribution in [-0.4, -0.2) is 49.9 Å². The monoisotopic (exact) mass is 280 g/mol. The van der Waals surface area contributed by atoms with Crippen LogP contribution in [0.1, 0.15) is 1.43 Å². The predicted octanol–water partition coefficient (Wildman–Crippen LogP) is -4.74. The van der Waals surface area contributed by atoms with Gasteiger partial charge >= 0.3 is 43.3 Å². The molecule has 9 nitrogen and oxygen atoms in total. The molecule has 5 N–H and O–H groups in total. The molecule has 0 fully saturated rings. The number of aliphatic hydroxyl groups excluding tert-OH is 3. The molecule has 0 radical (unpaired) electrons. The maximum atomic E-state index is 10.8. The van der Waals surface area contributed by atoms with Crippen LogP contribution in [0, 0.1) is 0 Å². The van der Waals surface area contributed by atoms with Crippen molar-refractivity contribution in [3.63, 3.8) is 0 Å². The number of esters is 1. The Bertz CT molecular complexity index is 379. The van der Waals surface area contributed by atoms with E-state index >= 15 is 0 Å². The summed E-state index contributed by atoms with van der Waals surface area (Å²) in [5, 5.41) is 26.8. The van der Waals surface area contributed by atoms with E-state index < -0.39 is 44.1 Å². The van der Waals surface area contributed by atoms with Crippen LogP contribution in [0.5, 0.6) is 0 Å². The summed E-state index contributed by atoms with van der Waals surface area (Å²) >= 11 is 0. The summed E-state index contributed by atoms with van der Waals surface area (Å²) in [4.78, 5) is 27.8. The molecule has 0 aromatic carbocycles. The van der Waals surface area contributed by atoms with Crippen LogP contribution in [0.15, 0.2) is 11.5 Å². The van der Waals surface area contributed by atoms with Crippen LogP contribution in [0.4, 0.5) is 0 Å². The third-order valence-corrected chi connectivity index (χ3v) is 2.11. The van der Waals surface area contributed by atoms with Gasteiger partial charge in [-0.25, -0.2) is 9.36 Å². The van der Waals surface area contributed by atoms with Gasteiger partial charge in [-0.3, -0.25) is 9.79 Å². The van der Waals surface area contributed by atoms with Gasteiger partial charge < -0.3 is 26.0 Å². The Hall–Kier alpha value is -0.120. The van der Waals surface area contributed by atoms with Crippen LogP contribution in [0.3, 0.4) is 0 Å². The van der Waals surface area contributed by atoms with Crippen molar-refractivity contribution in [1.82, 2.24) is 0 Å². The maximum Gasteiger partial charge on any atom is 1.00 e. The molecule has 0 spiro atoms. The van der Waals surface area contributed by atoms with Gasteiger partial charge in [-0.1, -0.05) is 0 Å². The quantitative estimate of drug-likeness (QED) is 0.194. The van der Waals surface area contributed by atoms with Crippen molar-refractivity contribution in [2.75, 3.05) is 6.61 Å². The Morgan fingerprint density at radius 2 is 2.06 bits per heavy atom. The van der Waals surface area contributed by atoms with Crippen LogP contribution in [0.25, 0.3) is 0 Å². The molecule has 17 heavy (non-hydrogen) atoms. The number of cyclic esters (lactones) is 1. The van der Waals surface area contributed by atoms with Gasteiger partial charge in [0, 0.05) is 0 Å². The van der Waals surface area contributed by atoms with Gasteiger partial charge in [0.15, 0.2) is 6.10 Å². The Morgan fingerprint density at radius 3 is 2.47 bits per heavy atom. The van der Waals surface area contributed by atoms with Crippen molar-refractivity contribution in [2.45, 2.75) is 12.2 Å². The van der Waals surface area contributed by atoms with E-state index in [2.05, 4.69) is 9.26 Å². The van der Waals surface area contributed by atoms with E-state index in [0.717, 1.165) is 0 Å². The number of hydrogen-bond donors (Lipinski definition) is 5. The molecule has 0 aliphatic carbocycles. The Labute approximate surface area is 119 Å². The standard InChI is InChI=1S/C6H9O9P.Na.H/c7-1-2(8)4-5(15-16(11,12)13)3(9)6(10)14-4;;/h2,4,7-9H,1H2,(H2,11,12,13);;/q;+1;-1/t2-,4+;;/m0../s1. The average molecular weight is 280 g/mol.